The molecule has 1 aromatic rings. The van der Waals surface area contributed by atoms with Crippen LogP contribution in [0.15, 0.2) is 42.5 Å². The minimum absolute atomic E-state index is 0.00736. The molecule has 1 aromatic carbocycles. The smallest absolute Gasteiger partial charge is 0.303 e. The maximum absolute atomic E-state index is 10.5. The van der Waals surface area contributed by atoms with Gasteiger partial charge in [0.1, 0.15) is 0 Å². The second-order valence-electron chi connectivity index (χ2n) is 7.95. The molecule has 5 nitrogen and oxygen atoms in total. The van der Waals surface area contributed by atoms with E-state index in [0.717, 1.165) is 6.42 Å². The predicted octanol–water partition coefficient (Wildman–Crippen LogP) is 3.32. The number of unbranched alkanes of at least 4 members (excludes halogenated alkanes) is 1. The number of hydrogen-bond donors (Lipinski definition) is 4. The van der Waals surface area contributed by atoms with E-state index in [0.29, 0.717) is 44.9 Å². The number of aliphatic hydroxyl groups is 3. The first-order valence-corrected chi connectivity index (χ1v) is 10.4. The average molecular weight is 391 g/mol. The van der Waals surface area contributed by atoms with Crippen molar-refractivity contribution in [3.63, 3.8) is 0 Å². The summed E-state index contributed by atoms with van der Waals surface area (Å²) >= 11 is 0. The Morgan fingerprint density at radius 3 is 2.50 bits per heavy atom. The van der Waals surface area contributed by atoms with Crippen molar-refractivity contribution in [3.05, 3.63) is 48.0 Å². The lowest BCUT2D eigenvalue weighted by Crippen LogP contribution is -2.23. The van der Waals surface area contributed by atoms with Gasteiger partial charge in [0.05, 0.1) is 18.3 Å². The third-order valence-electron chi connectivity index (χ3n) is 5.80. The molecule has 5 atom stereocenters. The van der Waals surface area contributed by atoms with Crippen molar-refractivity contribution >= 4 is 5.97 Å². The van der Waals surface area contributed by atoms with Gasteiger partial charge in [-0.1, -0.05) is 42.5 Å². The molecule has 0 saturated heterocycles. The van der Waals surface area contributed by atoms with Crippen LogP contribution in [0.25, 0.3) is 0 Å². The maximum Gasteiger partial charge on any atom is 0.303 e. The van der Waals surface area contributed by atoms with E-state index in [-0.39, 0.29) is 18.3 Å². The highest BCUT2D eigenvalue weighted by Crippen LogP contribution is 2.38. The van der Waals surface area contributed by atoms with Crippen molar-refractivity contribution in [3.8, 4) is 0 Å². The number of carbonyl (C=O) groups is 1. The SMILES string of the molecule is O=C(O)CCC/C=C/C[C@H]1[C@H](CC[C@@H](O)CCc2ccccc2)[C@@H](O)C[C@H]1O. The van der Waals surface area contributed by atoms with E-state index in [2.05, 4.69) is 12.1 Å². The number of carboxylic acids is 1. The Morgan fingerprint density at radius 1 is 1.07 bits per heavy atom. The van der Waals surface area contributed by atoms with Gasteiger partial charge in [0.25, 0.3) is 0 Å². The van der Waals surface area contributed by atoms with Crippen LogP contribution in [0, 0.1) is 11.8 Å². The first kappa shape index (κ1) is 22.6. The lowest BCUT2D eigenvalue weighted by Gasteiger charge is -2.23. The zero-order valence-corrected chi connectivity index (χ0v) is 16.5. The van der Waals surface area contributed by atoms with Gasteiger partial charge in [-0.15, -0.1) is 0 Å². The minimum atomic E-state index is -0.784. The van der Waals surface area contributed by atoms with Crippen molar-refractivity contribution in [2.75, 3.05) is 0 Å². The van der Waals surface area contributed by atoms with Crippen LogP contribution in [0.1, 0.15) is 56.9 Å². The van der Waals surface area contributed by atoms with E-state index in [1.54, 1.807) is 0 Å². The Hall–Kier alpha value is -1.69. The van der Waals surface area contributed by atoms with Gasteiger partial charge in [0.2, 0.25) is 0 Å². The summed E-state index contributed by atoms with van der Waals surface area (Å²) in [4.78, 5) is 10.5. The molecule has 2 rings (SSSR count). The first-order chi connectivity index (χ1) is 13.5. The quantitative estimate of drug-likeness (QED) is 0.324. The highest BCUT2D eigenvalue weighted by molar-refractivity contribution is 5.66. The molecular weight excluding hydrogens is 356 g/mol. The van der Waals surface area contributed by atoms with Crippen LogP contribution < -0.4 is 0 Å². The summed E-state index contributed by atoms with van der Waals surface area (Å²) in [5, 5.41) is 39.6. The van der Waals surface area contributed by atoms with Crippen molar-refractivity contribution in [1.29, 1.82) is 0 Å². The van der Waals surface area contributed by atoms with Gasteiger partial charge in [0.15, 0.2) is 0 Å². The van der Waals surface area contributed by atoms with Crippen LogP contribution in [0.4, 0.5) is 0 Å². The highest BCUT2D eigenvalue weighted by atomic mass is 16.4. The summed E-state index contributed by atoms with van der Waals surface area (Å²) in [6.07, 6.45) is 7.91. The fraction of sp³-hybridized carbons (Fsp3) is 0.609. The van der Waals surface area contributed by atoms with Crippen LogP contribution in [-0.4, -0.2) is 44.7 Å². The molecule has 1 aliphatic carbocycles. The van der Waals surface area contributed by atoms with Crippen LogP contribution >= 0.6 is 0 Å². The summed E-state index contributed by atoms with van der Waals surface area (Å²) < 4.78 is 0. The van der Waals surface area contributed by atoms with E-state index in [9.17, 15) is 20.1 Å². The Kier molecular flexibility index (Phi) is 9.68. The van der Waals surface area contributed by atoms with Gasteiger partial charge >= 0.3 is 5.97 Å². The van der Waals surface area contributed by atoms with E-state index < -0.39 is 24.3 Å². The van der Waals surface area contributed by atoms with Gasteiger partial charge in [-0.05, 0) is 68.8 Å². The number of aliphatic hydroxyl groups excluding tert-OH is 3. The van der Waals surface area contributed by atoms with Crippen LogP contribution in [-0.2, 0) is 11.2 Å². The molecule has 4 N–H and O–H groups in total. The van der Waals surface area contributed by atoms with Crippen LogP contribution in [0.5, 0.6) is 0 Å². The fourth-order valence-corrected chi connectivity index (χ4v) is 4.16. The van der Waals surface area contributed by atoms with E-state index in [4.69, 9.17) is 5.11 Å². The van der Waals surface area contributed by atoms with Crippen LogP contribution in [0.2, 0.25) is 0 Å². The molecular formula is C23H34O5. The zero-order chi connectivity index (χ0) is 20.4. The van der Waals surface area contributed by atoms with Gasteiger partial charge in [-0.2, -0.15) is 0 Å². The van der Waals surface area contributed by atoms with Crippen molar-refractivity contribution < 1.29 is 25.2 Å². The second-order valence-corrected chi connectivity index (χ2v) is 7.95. The van der Waals surface area contributed by atoms with Gasteiger partial charge in [-0.25, -0.2) is 0 Å². The molecule has 0 bridgehead atoms. The van der Waals surface area contributed by atoms with E-state index >= 15 is 0 Å². The molecule has 1 saturated carbocycles. The molecule has 0 amide bonds. The monoisotopic (exact) mass is 390 g/mol. The first-order valence-electron chi connectivity index (χ1n) is 10.4. The summed E-state index contributed by atoms with van der Waals surface area (Å²) in [7, 11) is 0. The fourth-order valence-electron chi connectivity index (χ4n) is 4.16. The molecule has 0 unspecified atom stereocenters. The van der Waals surface area contributed by atoms with Crippen LogP contribution in [0.3, 0.4) is 0 Å². The van der Waals surface area contributed by atoms with Gasteiger partial charge < -0.3 is 20.4 Å². The number of carboxylic acid groups (broad SMARTS) is 1. The molecule has 0 aliphatic heterocycles. The highest BCUT2D eigenvalue weighted by Gasteiger charge is 2.40. The van der Waals surface area contributed by atoms with E-state index in [1.807, 2.05) is 30.4 Å². The third-order valence-corrected chi connectivity index (χ3v) is 5.80. The largest absolute Gasteiger partial charge is 0.481 e. The number of allylic oxidation sites excluding steroid dienone is 2. The molecule has 0 heterocycles. The lowest BCUT2D eigenvalue weighted by atomic mass is 9.85. The predicted molar refractivity (Wildman–Crippen MR) is 109 cm³/mol. The zero-order valence-electron chi connectivity index (χ0n) is 16.5. The second kappa shape index (κ2) is 12.0. The number of aryl methyl sites for hydroxylation is 1. The molecule has 28 heavy (non-hydrogen) atoms. The average Bonchev–Trinajstić information content (AvgIpc) is 2.94. The Labute approximate surface area is 167 Å². The number of rotatable bonds is 12. The molecule has 0 spiro atoms. The summed E-state index contributed by atoms with van der Waals surface area (Å²) in [6.45, 7) is 0. The Bertz CT molecular complexity index is 600. The summed E-state index contributed by atoms with van der Waals surface area (Å²) in [6, 6.07) is 10.1. The molecule has 1 aliphatic rings. The Morgan fingerprint density at radius 2 is 1.79 bits per heavy atom. The normalized spacial score (nSPS) is 26.0. The minimum Gasteiger partial charge on any atom is -0.481 e. The number of hydrogen-bond acceptors (Lipinski definition) is 4. The molecule has 5 heteroatoms. The Balaban J connectivity index is 1.74. The number of aliphatic carboxylic acids is 1. The van der Waals surface area contributed by atoms with E-state index in [1.165, 1.54) is 5.56 Å². The molecule has 0 radical (unpaired) electrons. The third kappa shape index (κ3) is 7.74. The maximum atomic E-state index is 10.5. The molecule has 0 aromatic heterocycles. The topological polar surface area (TPSA) is 98.0 Å². The lowest BCUT2D eigenvalue weighted by molar-refractivity contribution is -0.137. The van der Waals surface area contributed by atoms with Gasteiger partial charge in [-0.3, -0.25) is 4.79 Å². The molecule has 156 valence electrons. The van der Waals surface area contributed by atoms with Gasteiger partial charge in [0, 0.05) is 6.42 Å². The standard InChI is InChI=1S/C23H34O5/c24-18(13-12-17-8-4-3-5-9-17)14-15-20-19(21(25)16-22(20)26)10-6-1-2-7-11-23(27)28/h1,3-6,8-9,18-22,24-26H,2,7,10-16H2,(H,27,28)/b6-1+/t18-,19-,20-,21+,22-/m0/s1. The van der Waals surface area contributed by atoms with Crippen molar-refractivity contribution in [2.45, 2.75) is 76.1 Å². The number of benzene rings is 1. The molecule has 1 fully saturated rings. The summed E-state index contributed by atoms with van der Waals surface area (Å²) in [5.41, 5.74) is 1.21. The summed E-state index contributed by atoms with van der Waals surface area (Å²) in [5.74, 6) is -0.800. The van der Waals surface area contributed by atoms with Crippen molar-refractivity contribution in [1.82, 2.24) is 0 Å². The van der Waals surface area contributed by atoms with Crippen molar-refractivity contribution in [2.24, 2.45) is 11.8 Å².